The van der Waals surface area contributed by atoms with Gasteiger partial charge in [0.05, 0.1) is 6.04 Å². The Morgan fingerprint density at radius 1 is 1.00 bits per heavy atom. The van der Waals surface area contributed by atoms with Crippen molar-refractivity contribution in [1.29, 1.82) is 0 Å². The Hall–Kier alpha value is -1.67. The van der Waals surface area contributed by atoms with E-state index in [1.54, 1.807) is 0 Å². The van der Waals surface area contributed by atoms with E-state index in [9.17, 15) is 4.39 Å². The van der Waals surface area contributed by atoms with E-state index in [2.05, 4.69) is 43.4 Å². The van der Waals surface area contributed by atoms with Gasteiger partial charge in [0.1, 0.15) is 5.82 Å². The molecule has 0 saturated carbocycles. The molecule has 1 atom stereocenters. The highest BCUT2D eigenvalue weighted by Crippen LogP contribution is 2.25. The fourth-order valence-electron chi connectivity index (χ4n) is 2.40. The zero-order chi connectivity index (χ0) is 13.7. The van der Waals surface area contributed by atoms with Gasteiger partial charge in [-0.15, -0.1) is 0 Å². The van der Waals surface area contributed by atoms with Crippen LogP contribution in [0.15, 0.2) is 48.5 Å². The molecule has 0 radical (unpaired) electrons. The first-order valence-corrected chi connectivity index (χ1v) is 6.83. The minimum atomic E-state index is -0.192. The van der Waals surface area contributed by atoms with Gasteiger partial charge in [-0.05, 0) is 41.8 Å². The Kier molecular flexibility index (Phi) is 4.69. The third-order valence-electron chi connectivity index (χ3n) is 3.36. The Labute approximate surface area is 114 Å². The first kappa shape index (κ1) is 13.8. The molecule has 100 valence electrons. The molecule has 0 aliphatic carbocycles. The van der Waals surface area contributed by atoms with Crippen molar-refractivity contribution in [3.8, 4) is 0 Å². The van der Waals surface area contributed by atoms with Crippen LogP contribution in [0.25, 0.3) is 0 Å². The van der Waals surface area contributed by atoms with E-state index >= 15 is 0 Å². The van der Waals surface area contributed by atoms with E-state index < -0.39 is 0 Å². The SMILES string of the molecule is CCNC(c1ccc(F)cc1)c1ccccc1CC. The first-order chi connectivity index (χ1) is 9.26. The Bertz CT molecular complexity index is 519. The Morgan fingerprint density at radius 3 is 2.32 bits per heavy atom. The molecule has 0 heterocycles. The number of hydrogen-bond acceptors (Lipinski definition) is 1. The molecule has 2 rings (SSSR count). The average Bonchev–Trinajstić information content (AvgIpc) is 2.46. The van der Waals surface area contributed by atoms with Crippen LogP contribution in [0.2, 0.25) is 0 Å². The molecule has 2 aromatic carbocycles. The summed E-state index contributed by atoms with van der Waals surface area (Å²) in [6, 6.07) is 15.3. The zero-order valence-electron chi connectivity index (χ0n) is 11.5. The highest BCUT2D eigenvalue weighted by Gasteiger charge is 2.15. The molecule has 19 heavy (non-hydrogen) atoms. The van der Waals surface area contributed by atoms with E-state index in [0.717, 1.165) is 18.5 Å². The van der Waals surface area contributed by atoms with Gasteiger partial charge in [-0.1, -0.05) is 50.2 Å². The summed E-state index contributed by atoms with van der Waals surface area (Å²) in [6.45, 7) is 5.12. The summed E-state index contributed by atoms with van der Waals surface area (Å²) >= 11 is 0. The minimum Gasteiger partial charge on any atom is -0.307 e. The third-order valence-corrected chi connectivity index (χ3v) is 3.36. The van der Waals surface area contributed by atoms with Crippen LogP contribution in [-0.2, 0) is 6.42 Å². The predicted molar refractivity (Wildman–Crippen MR) is 77.7 cm³/mol. The van der Waals surface area contributed by atoms with Crippen molar-refractivity contribution in [3.63, 3.8) is 0 Å². The molecule has 0 aromatic heterocycles. The number of aryl methyl sites for hydroxylation is 1. The molecule has 0 aliphatic rings. The molecule has 0 spiro atoms. The summed E-state index contributed by atoms with van der Waals surface area (Å²) in [5.41, 5.74) is 3.71. The first-order valence-electron chi connectivity index (χ1n) is 6.83. The van der Waals surface area contributed by atoms with Gasteiger partial charge >= 0.3 is 0 Å². The van der Waals surface area contributed by atoms with Gasteiger partial charge in [-0.3, -0.25) is 0 Å². The van der Waals surface area contributed by atoms with Crippen molar-refractivity contribution in [1.82, 2.24) is 5.32 Å². The van der Waals surface area contributed by atoms with Gasteiger partial charge < -0.3 is 5.32 Å². The maximum Gasteiger partial charge on any atom is 0.123 e. The topological polar surface area (TPSA) is 12.0 Å². The van der Waals surface area contributed by atoms with Gasteiger partial charge in [-0.25, -0.2) is 4.39 Å². The summed E-state index contributed by atoms with van der Waals surface area (Å²) in [4.78, 5) is 0. The van der Waals surface area contributed by atoms with Crippen LogP contribution in [0.3, 0.4) is 0 Å². The second-order valence-electron chi connectivity index (χ2n) is 4.59. The van der Waals surface area contributed by atoms with Crippen LogP contribution in [0.4, 0.5) is 4.39 Å². The van der Waals surface area contributed by atoms with Gasteiger partial charge in [-0.2, -0.15) is 0 Å². The van der Waals surface area contributed by atoms with Gasteiger partial charge in [0.25, 0.3) is 0 Å². The van der Waals surface area contributed by atoms with Crippen LogP contribution < -0.4 is 5.32 Å². The molecule has 0 bridgehead atoms. The summed E-state index contributed by atoms with van der Waals surface area (Å²) in [5, 5.41) is 3.49. The van der Waals surface area contributed by atoms with E-state index in [0.29, 0.717) is 0 Å². The van der Waals surface area contributed by atoms with Gasteiger partial charge in [0, 0.05) is 0 Å². The fourth-order valence-corrected chi connectivity index (χ4v) is 2.40. The summed E-state index contributed by atoms with van der Waals surface area (Å²) < 4.78 is 13.1. The van der Waals surface area contributed by atoms with Crippen molar-refractivity contribution in [3.05, 3.63) is 71.0 Å². The Balaban J connectivity index is 2.42. The molecule has 0 fully saturated rings. The number of halogens is 1. The molecule has 1 N–H and O–H groups in total. The maximum absolute atomic E-state index is 13.1. The standard InChI is InChI=1S/C17H20FN/c1-3-13-7-5-6-8-16(13)17(19-4-2)14-9-11-15(18)12-10-14/h5-12,17,19H,3-4H2,1-2H3. The average molecular weight is 257 g/mol. The number of benzene rings is 2. The van der Waals surface area contributed by atoms with E-state index in [4.69, 9.17) is 0 Å². The van der Waals surface area contributed by atoms with E-state index in [1.165, 1.54) is 23.3 Å². The summed E-state index contributed by atoms with van der Waals surface area (Å²) in [6.07, 6.45) is 0.999. The molecule has 1 unspecified atom stereocenters. The third kappa shape index (κ3) is 3.21. The lowest BCUT2D eigenvalue weighted by atomic mass is 9.93. The zero-order valence-corrected chi connectivity index (χ0v) is 11.5. The lowest BCUT2D eigenvalue weighted by molar-refractivity contribution is 0.611. The van der Waals surface area contributed by atoms with Crippen molar-refractivity contribution in [2.75, 3.05) is 6.54 Å². The van der Waals surface area contributed by atoms with Gasteiger partial charge in [0.15, 0.2) is 0 Å². The lowest BCUT2D eigenvalue weighted by Gasteiger charge is -2.21. The smallest absolute Gasteiger partial charge is 0.123 e. The summed E-state index contributed by atoms with van der Waals surface area (Å²) in [5.74, 6) is -0.192. The normalized spacial score (nSPS) is 12.4. The molecule has 0 saturated heterocycles. The highest BCUT2D eigenvalue weighted by molar-refractivity contribution is 5.37. The minimum absolute atomic E-state index is 0.127. The molecule has 1 nitrogen and oxygen atoms in total. The van der Waals surface area contributed by atoms with E-state index in [1.807, 2.05) is 12.1 Å². The van der Waals surface area contributed by atoms with Crippen LogP contribution in [-0.4, -0.2) is 6.54 Å². The van der Waals surface area contributed by atoms with Gasteiger partial charge in [0.2, 0.25) is 0 Å². The number of rotatable bonds is 5. The number of hydrogen-bond donors (Lipinski definition) is 1. The van der Waals surface area contributed by atoms with Crippen molar-refractivity contribution in [2.24, 2.45) is 0 Å². The largest absolute Gasteiger partial charge is 0.307 e. The molecule has 2 heteroatoms. The van der Waals surface area contributed by atoms with Crippen LogP contribution in [0, 0.1) is 5.82 Å². The van der Waals surface area contributed by atoms with Crippen molar-refractivity contribution in [2.45, 2.75) is 26.3 Å². The highest BCUT2D eigenvalue weighted by atomic mass is 19.1. The predicted octanol–water partition coefficient (Wildman–Crippen LogP) is 4.09. The quantitative estimate of drug-likeness (QED) is 0.850. The number of nitrogens with one attached hydrogen (secondary N) is 1. The van der Waals surface area contributed by atoms with Crippen LogP contribution in [0.5, 0.6) is 0 Å². The summed E-state index contributed by atoms with van der Waals surface area (Å²) in [7, 11) is 0. The van der Waals surface area contributed by atoms with E-state index in [-0.39, 0.29) is 11.9 Å². The molecular formula is C17H20FN. The molecular weight excluding hydrogens is 237 g/mol. The monoisotopic (exact) mass is 257 g/mol. The second-order valence-corrected chi connectivity index (χ2v) is 4.59. The second kappa shape index (κ2) is 6.48. The van der Waals surface area contributed by atoms with Crippen LogP contribution >= 0.6 is 0 Å². The van der Waals surface area contributed by atoms with Crippen LogP contribution in [0.1, 0.15) is 36.6 Å². The lowest BCUT2D eigenvalue weighted by Crippen LogP contribution is -2.23. The van der Waals surface area contributed by atoms with Crippen molar-refractivity contribution >= 4 is 0 Å². The fraction of sp³-hybridized carbons (Fsp3) is 0.294. The Morgan fingerprint density at radius 2 is 1.68 bits per heavy atom. The maximum atomic E-state index is 13.1. The van der Waals surface area contributed by atoms with Crippen molar-refractivity contribution < 1.29 is 4.39 Å². The molecule has 0 aliphatic heterocycles. The molecule has 0 amide bonds. The molecule has 2 aromatic rings.